The molecule has 3 N–H and O–H groups in total. The van der Waals surface area contributed by atoms with Crippen molar-refractivity contribution in [2.75, 3.05) is 33.9 Å². The maximum absolute atomic E-state index is 11.8. The minimum absolute atomic E-state index is 0.107. The Morgan fingerprint density at radius 3 is 2.57 bits per heavy atom. The predicted octanol–water partition coefficient (Wildman–Crippen LogP) is 0.298. The summed E-state index contributed by atoms with van der Waals surface area (Å²) in [5.74, 6) is -0.619. The quantitative estimate of drug-likeness (QED) is 0.641. The average molecular weight is 293 g/mol. The molecule has 0 bridgehead atoms. The Labute approximate surface area is 125 Å². The molecule has 1 aromatic carbocycles. The second-order valence-corrected chi connectivity index (χ2v) is 4.83. The summed E-state index contributed by atoms with van der Waals surface area (Å²) in [4.78, 5) is 25.1. The van der Waals surface area contributed by atoms with E-state index in [0.717, 1.165) is 12.0 Å². The molecule has 6 nitrogen and oxygen atoms in total. The van der Waals surface area contributed by atoms with Crippen LogP contribution in [-0.2, 0) is 14.3 Å². The zero-order chi connectivity index (χ0) is 15.7. The van der Waals surface area contributed by atoms with Crippen molar-refractivity contribution in [1.29, 1.82) is 0 Å². The number of primary amides is 1. The molecule has 1 atom stereocenters. The summed E-state index contributed by atoms with van der Waals surface area (Å²) < 4.78 is 4.91. The van der Waals surface area contributed by atoms with Crippen LogP contribution in [0.15, 0.2) is 30.3 Å². The van der Waals surface area contributed by atoms with Gasteiger partial charge in [-0.25, -0.2) is 0 Å². The third kappa shape index (κ3) is 5.93. The van der Waals surface area contributed by atoms with E-state index in [0.29, 0.717) is 13.2 Å². The van der Waals surface area contributed by atoms with Gasteiger partial charge >= 0.3 is 0 Å². The molecule has 1 aromatic rings. The van der Waals surface area contributed by atoms with Gasteiger partial charge in [0, 0.05) is 20.3 Å². The van der Waals surface area contributed by atoms with E-state index in [-0.39, 0.29) is 12.5 Å². The zero-order valence-corrected chi connectivity index (χ0v) is 12.5. The minimum atomic E-state index is -0.615. The number of nitrogens with zero attached hydrogens (tertiary/aromatic N) is 1. The van der Waals surface area contributed by atoms with Crippen molar-refractivity contribution in [3.05, 3.63) is 35.9 Å². The van der Waals surface area contributed by atoms with Gasteiger partial charge in [0.05, 0.1) is 6.54 Å². The first kappa shape index (κ1) is 17.1. The Morgan fingerprint density at radius 1 is 1.33 bits per heavy atom. The Hall–Kier alpha value is -1.92. The van der Waals surface area contributed by atoms with Crippen LogP contribution in [0.5, 0.6) is 0 Å². The first-order valence-electron chi connectivity index (χ1n) is 6.86. The van der Waals surface area contributed by atoms with Crippen LogP contribution in [0, 0.1) is 0 Å². The lowest BCUT2D eigenvalue weighted by Gasteiger charge is -2.25. The fraction of sp³-hybridized carbons (Fsp3) is 0.467. The highest BCUT2D eigenvalue weighted by molar-refractivity contribution is 5.83. The van der Waals surface area contributed by atoms with E-state index in [1.54, 1.807) is 19.1 Å². The van der Waals surface area contributed by atoms with Gasteiger partial charge < -0.3 is 15.8 Å². The Bertz CT molecular complexity index is 451. The standard InChI is InChI=1S/C15H23N3O3/c1-18(11-13(19)17-9-6-10-21-2)14(15(16)20)12-7-4-3-5-8-12/h3-5,7-8,14H,6,9-11H2,1-2H3,(H2,16,20)(H,17,19)/t14-/m1/s1. The first-order valence-corrected chi connectivity index (χ1v) is 6.86. The van der Waals surface area contributed by atoms with Crippen LogP contribution < -0.4 is 11.1 Å². The van der Waals surface area contributed by atoms with E-state index in [1.165, 1.54) is 0 Å². The van der Waals surface area contributed by atoms with Gasteiger partial charge in [-0.1, -0.05) is 30.3 Å². The molecule has 2 amide bonds. The van der Waals surface area contributed by atoms with Gasteiger partial charge in [0.25, 0.3) is 0 Å². The average Bonchev–Trinajstić information content (AvgIpc) is 2.44. The summed E-state index contributed by atoms with van der Waals surface area (Å²) in [5, 5.41) is 2.78. The van der Waals surface area contributed by atoms with Crippen LogP contribution in [0.3, 0.4) is 0 Å². The van der Waals surface area contributed by atoms with E-state index < -0.39 is 11.9 Å². The van der Waals surface area contributed by atoms with E-state index in [1.807, 2.05) is 30.3 Å². The molecule has 0 aliphatic rings. The minimum Gasteiger partial charge on any atom is -0.385 e. The molecule has 0 spiro atoms. The largest absolute Gasteiger partial charge is 0.385 e. The van der Waals surface area contributed by atoms with E-state index >= 15 is 0 Å². The van der Waals surface area contributed by atoms with Crippen molar-refractivity contribution in [1.82, 2.24) is 10.2 Å². The first-order chi connectivity index (χ1) is 10.1. The van der Waals surface area contributed by atoms with Gasteiger partial charge in [-0.05, 0) is 19.0 Å². The van der Waals surface area contributed by atoms with Crippen molar-refractivity contribution in [3.8, 4) is 0 Å². The number of hydrogen-bond acceptors (Lipinski definition) is 4. The number of rotatable bonds is 9. The Balaban J connectivity index is 2.56. The number of benzene rings is 1. The van der Waals surface area contributed by atoms with Crippen molar-refractivity contribution in [3.63, 3.8) is 0 Å². The second kappa shape index (κ2) is 9.10. The third-order valence-corrected chi connectivity index (χ3v) is 3.07. The van der Waals surface area contributed by atoms with Crippen LogP contribution in [0.1, 0.15) is 18.0 Å². The highest BCUT2D eigenvalue weighted by atomic mass is 16.5. The van der Waals surface area contributed by atoms with Gasteiger partial charge in [0.15, 0.2) is 0 Å². The summed E-state index contributed by atoms with van der Waals surface area (Å²) in [5.41, 5.74) is 6.23. The molecule has 116 valence electrons. The van der Waals surface area contributed by atoms with Gasteiger partial charge in [-0.3, -0.25) is 14.5 Å². The van der Waals surface area contributed by atoms with Crippen molar-refractivity contribution < 1.29 is 14.3 Å². The smallest absolute Gasteiger partial charge is 0.239 e. The van der Waals surface area contributed by atoms with Crippen LogP contribution >= 0.6 is 0 Å². The van der Waals surface area contributed by atoms with Gasteiger partial charge in [0.1, 0.15) is 6.04 Å². The summed E-state index contributed by atoms with van der Waals surface area (Å²) in [6.07, 6.45) is 0.754. The SMILES string of the molecule is COCCCNC(=O)CN(C)[C@@H](C(N)=O)c1ccccc1. The number of methoxy groups -OCH3 is 1. The molecular formula is C15H23N3O3. The normalized spacial score (nSPS) is 12.1. The van der Waals surface area contributed by atoms with E-state index in [4.69, 9.17) is 10.5 Å². The van der Waals surface area contributed by atoms with Crippen molar-refractivity contribution in [2.45, 2.75) is 12.5 Å². The lowest BCUT2D eigenvalue weighted by Crippen LogP contribution is -2.42. The maximum Gasteiger partial charge on any atom is 0.239 e. The van der Waals surface area contributed by atoms with Crippen LogP contribution in [0.2, 0.25) is 0 Å². The Morgan fingerprint density at radius 2 is 2.00 bits per heavy atom. The zero-order valence-electron chi connectivity index (χ0n) is 12.5. The molecule has 0 unspecified atom stereocenters. The topological polar surface area (TPSA) is 84.7 Å². The third-order valence-electron chi connectivity index (χ3n) is 3.07. The molecule has 6 heteroatoms. The molecule has 0 aliphatic heterocycles. The molecule has 0 fully saturated rings. The molecule has 0 aliphatic carbocycles. The maximum atomic E-state index is 11.8. The van der Waals surface area contributed by atoms with Crippen LogP contribution in [-0.4, -0.2) is 50.6 Å². The number of nitrogens with two attached hydrogens (primary N) is 1. The second-order valence-electron chi connectivity index (χ2n) is 4.83. The molecule has 0 radical (unpaired) electrons. The van der Waals surface area contributed by atoms with E-state index in [9.17, 15) is 9.59 Å². The van der Waals surface area contributed by atoms with Crippen molar-refractivity contribution >= 4 is 11.8 Å². The number of ether oxygens (including phenoxy) is 1. The number of carbonyl (C=O) groups excluding carboxylic acids is 2. The molecule has 0 saturated carbocycles. The summed E-state index contributed by atoms with van der Waals surface area (Å²) in [6.45, 7) is 1.26. The highest BCUT2D eigenvalue weighted by Gasteiger charge is 2.24. The number of nitrogens with one attached hydrogen (secondary N) is 1. The number of carbonyl (C=O) groups is 2. The number of amides is 2. The molecule has 1 rings (SSSR count). The van der Waals surface area contributed by atoms with Gasteiger partial charge in [-0.15, -0.1) is 0 Å². The monoisotopic (exact) mass is 293 g/mol. The van der Waals surface area contributed by atoms with Gasteiger partial charge in [-0.2, -0.15) is 0 Å². The lowest BCUT2D eigenvalue weighted by atomic mass is 10.1. The summed E-state index contributed by atoms with van der Waals surface area (Å²) >= 11 is 0. The van der Waals surface area contributed by atoms with Crippen LogP contribution in [0.25, 0.3) is 0 Å². The highest BCUT2D eigenvalue weighted by Crippen LogP contribution is 2.18. The number of hydrogen-bond donors (Lipinski definition) is 2. The molecular weight excluding hydrogens is 270 g/mol. The summed E-state index contributed by atoms with van der Waals surface area (Å²) in [7, 11) is 3.32. The molecule has 0 heterocycles. The predicted molar refractivity (Wildman–Crippen MR) is 80.5 cm³/mol. The van der Waals surface area contributed by atoms with Crippen molar-refractivity contribution in [2.24, 2.45) is 5.73 Å². The van der Waals surface area contributed by atoms with Crippen LogP contribution in [0.4, 0.5) is 0 Å². The van der Waals surface area contributed by atoms with Gasteiger partial charge in [0.2, 0.25) is 11.8 Å². The van der Waals surface area contributed by atoms with E-state index in [2.05, 4.69) is 5.32 Å². The fourth-order valence-corrected chi connectivity index (χ4v) is 2.09. The number of likely N-dealkylation sites (N-methyl/N-ethyl adjacent to an activating group) is 1. The Kier molecular flexibility index (Phi) is 7.42. The molecule has 0 aromatic heterocycles. The molecule has 0 saturated heterocycles. The molecule has 21 heavy (non-hydrogen) atoms. The summed E-state index contributed by atoms with van der Waals surface area (Å²) in [6, 6.07) is 8.57. The lowest BCUT2D eigenvalue weighted by molar-refractivity contribution is -0.126. The fourth-order valence-electron chi connectivity index (χ4n) is 2.09.